The van der Waals surface area contributed by atoms with Crippen LogP contribution in [0.5, 0.6) is 0 Å². The number of carbonyl (C=O) groups excluding carboxylic acids is 1. The first-order valence-electron chi connectivity index (χ1n) is 6.78. The molecule has 0 aliphatic heterocycles. The van der Waals surface area contributed by atoms with Gasteiger partial charge in [0.05, 0.1) is 10.6 Å². The Balaban J connectivity index is 2.55. The standard InChI is InChI=1S/C15H14ClFN2O4/c1-3-19(7-11(20)21)15(22)12-8(2)23-18-14(12)13-9(16)5-4-6-10(13)17/h4-6H,3,7H2,1-2H3,(H,20,21). The van der Waals surface area contributed by atoms with Gasteiger partial charge in [0.15, 0.2) is 0 Å². The van der Waals surface area contributed by atoms with Crippen molar-refractivity contribution in [1.29, 1.82) is 0 Å². The van der Waals surface area contributed by atoms with E-state index in [1.165, 1.54) is 25.1 Å². The minimum atomic E-state index is -1.15. The van der Waals surface area contributed by atoms with E-state index in [2.05, 4.69) is 5.16 Å². The number of carboxylic acids is 1. The number of carboxylic acid groups (broad SMARTS) is 1. The summed E-state index contributed by atoms with van der Waals surface area (Å²) in [6, 6.07) is 4.08. The van der Waals surface area contributed by atoms with E-state index in [4.69, 9.17) is 21.2 Å². The Morgan fingerprint density at radius 2 is 2.13 bits per heavy atom. The van der Waals surface area contributed by atoms with Gasteiger partial charge in [-0.25, -0.2) is 4.39 Å². The van der Waals surface area contributed by atoms with E-state index in [9.17, 15) is 14.0 Å². The Bertz CT molecular complexity index is 740. The van der Waals surface area contributed by atoms with Crippen molar-refractivity contribution in [2.24, 2.45) is 0 Å². The van der Waals surface area contributed by atoms with Crippen molar-refractivity contribution in [2.75, 3.05) is 13.1 Å². The lowest BCUT2D eigenvalue weighted by Crippen LogP contribution is -2.35. The van der Waals surface area contributed by atoms with Gasteiger partial charge in [-0.3, -0.25) is 9.59 Å². The second-order valence-corrected chi connectivity index (χ2v) is 5.18. The summed E-state index contributed by atoms with van der Waals surface area (Å²) in [5.74, 6) is -2.25. The lowest BCUT2D eigenvalue weighted by Gasteiger charge is -2.18. The summed E-state index contributed by atoms with van der Waals surface area (Å²) in [5.41, 5.74) is -0.0970. The molecule has 1 N–H and O–H groups in total. The molecule has 2 aromatic rings. The quantitative estimate of drug-likeness (QED) is 0.904. The Kier molecular flexibility index (Phi) is 5.00. The molecule has 0 bridgehead atoms. The molecule has 0 unspecified atom stereocenters. The third-order valence-electron chi connectivity index (χ3n) is 3.27. The van der Waals surface area contributed by atoms with Crippen LogP contribution in [0, 0.1) is 12.7 Å². The molecular weight excluding hydrogens is 327 g/mol. The van der Waals surface area contributed by atoms with E-state index in [0.717, 1.165) is 4.90 Å². The molecule has 1 aromatic carbocycles. The van der Waals surface area contributed by atoms with Crippen LogP contribution in [0.1, 0.15) is 23.0 Å². The minimum Gasteiger partial charge on any atom is -0.480 e. The predicted octanol–water partition coefficient (Wildman–Crippen LogP) is 2.99. The number of halogens is 2. The van der Waals surface area contributed by atoms with E-state index < -0.39 is 24.2 Å². The molecule has 0 saturated heterocycles. The molecule has 0 spiro atoms. The summed E-state index contributed by atoms with van der Waals surface area (Å²) in [6.45, 7) is 2.82. The Morgan fingerprint density at radius 1 is 1.43 bits per heavy atom. The number of nitrogens with zero attached hydrogens (tertiary/aromatic N) is 2. The number of rotatable bonds is 5. The molecule has 2 rings (SSSR count). The van der Waals surface area contributed by atoms with Crippen LogP contribution in [0.15, 0.2) is 22.7 Å². The average molecular weight is 341 g/mol. The number of hydrogen-bond acceptors (Lipinski definition) is 4. The highest BCUT2D eigenvalue weighted by Crippen LogP contribution is 2.33. The van der Waals surface area contributed by atoms with Gasteiger partial charge in [0.1, 0.15) is 29.4 Å². The average Bonchev–Trinajstić information content (AvgIpc) is 2.85. The molecule has 0 fully saturated rings. The molecule has 23 heavy (non-hydrogen) atoms. The summed E-state index contributed by atoms with van der Waals surface area (Å²) >= 11 is 6.01. The summed E-state index contributed by atoms with van der Waals surface area (Å²) in [6.07, 6.45) is 0. The first-order chi connectivity index (χ1) is 10.9. The maximum Gasteiger partial charge on any atom is 0.323 e. The van der Waals surface area contributed by atoms with Gasteiger partial charge in [-0.05, 0) is 26.0 Å². The Morgan fingerprint density at radius 3 is 2.70 bits per heavy atom. The van der Waals surface area contributed by atoms with Crippen LogP contribution >= 0.6 is 11.6 Å². The smallest absolute Gasteiger partial charge is 0.323 e. The van der Waals surface area contributed by atoms with Gasteiger partial charge in [-0.1, -0.05) is 22.8 Å². The molecule has 1 heterocycles. The molecular formula is C15H14ClFN2O4. The molecule has 1 amide bonds. The van der Waals surface area contributed by atoms with Crippen molar-refractivity contribution < 1.29 is 23.6 Å². The fourth-order valence-corrected chi connectivity index (χ4v) is 2.42. The third kappa shape index (κ3) is 3.34. The van der Waals surface area contributed by atoms with Gasteiger partial charge in [0.25, 0.3) is 5.91 Å². The Hall–Kier alpha value is -2.41. The minimum absolute atomic E-state index is 0.0000926. The molecule has 0 atom stereocenters. The first kappa shape index (κ1) is 17.0. The number of aliphatic carboxylic acids is 1. The lowest BCUT2D eigenvalue weighted by atomic mass is 10.0. The largest absolute Gasteiger partial charge is 0.480 e. The van der Waals surface area contributed by atoms with E-state index in [1.807, 2.05) is 0 Å². The number of likely N-dealkylation sites (N-methyl/N-ethyl adjacent to an activating group) is 1. The number of benzene rings is 1. The third-order valence-corrected chi connectivity index (χ3v) is 3.59. The molecule has 0 radical (unpaired) electrons. The second kappa shape index (κ2) is 6.78. The number of carbonyl (C=O) groups is 2. The zero-order valence-electron chi connectivity index (χ0n) is 12.5. The molecule has 0 aliphatic rings. The van der Waals surface area contributed by atoms with E-state index in [-0.39, 0.29) is 34.1 Å². The van der Waals surface area contributed by atoms with Gasteiger partial charge in [0, 0.05) is 6.54 Å². The van der Waals surface area contributed by atoms with E-state index in [1.54, 1.807) is 6.92 Å². The van der Waals surface area contributed by atoms with Crippen LogP contribution in [0.3, 0.4) is 0 Å². The number of aryl methyl sites for hydroxylation is 1. The van der Waals surface area contributed by atoms with Crippen LogP contribution in [0.4, 0.5) is 4.39 Å². The van der Waals surface area contributed by atoms with E-state index in [0.29, 0.717) is 0 Å². The molecule has 1 aromatic heterocycles. The normalized spacial score (nSPS) is 10.6. The van der Waals surface area contributed by atoms with Gasteiger partial charge >= 0.3 is 5.97 Å². The van der Waals surface area contributed by atoms with Crippen LogP contribution in [0.25, 0.3) is 11.3 Å². The maximum absolute atomic E-state index is 14.1. The monoisotopic (exact) mass is 340 g/mol. The molecule has 0 saturated carbocycles. The van der Waals surface area contributed by atoms with Crippen molar-refractivity contribution in [1.82, 2.24) is 10.1 Å². The Labute approximate surface area is 136 Å². The summed E-state index contributed by atoms with van der Waals surface area (Å²) < 4.78 is 19.1. The highest BCUT2D eigenvalue weighted by molar-refractivity contribution is 6.33. The summed E-state index contributed by atoms with van der Waals surface area (Å²) in [7, 11) is 0. The van der Waals surface area contributed by atoms with Crippen molar-refractivity contribution >= 4 is 23.5 Å². The van der Waals surface area contributed by atoms with Crippen molar-refractivity contribution in [2.45, 2.75) is 13.8 Å². The lowest BCUT2D eigenvalue weighted by molar-refractivity contribution is -0.137. The number of hydrogen-bond donors (Lipinski definition) is 1. The predicted molar refractivity (Wildman–Crippen MR) is 80.9 cm³/mol. The van der Waals surface area contributed by atoms with Crippen LogP contribution in [0.2, 0.25) is 5.02 Å². The maximum atomic E-state index is 14.1. The number of aromatic nitrogens is 1. The zero-order chi connectivity index (χ0) is 17.1. The molecule has 8 heteroatoms. The van der Waals surface area contributed by atoms with Crippen LogP contribution < -0.4 is 0 Å². The van der Waals surface area contributed by atoms with Crippen molar-refractivity contribution in [3.8, 4) is 11.3 Å². The fourth-order valence-electron chi connectivity index (χ4n) is 2.17. The van der Waals surface area contributed by atoms with Gasteiger partial charge in [0.2, 0.25) is 0 Å². The first-order valence-corrected chi connectivity index (χ1v) is 7.16. The van der Waals surface area contributed by atoms with Crippen LogP contribution in [-0.2, 0) is 4.79 Å². The van der Waals surface area contributed by atoms with Crippen molar-refractivity contribution in [3.05, 3.63) is 40.4 Å². The highest BCUT2D eigenvalue weighted by Gasteiger charge is 2.28. The van der Waals surface area contributed by atoms with Gasteiger partial charge in [-0.15, -0.1) is 0 Å². The molecule has 6 nitrogen and oxygen atoms in total. The molecule has 0 aliphatic carbocycles. The van der Waals surface area contributed by atoms with Gasteiger partial charge < -0.3 is 14.5 Å². The van der Waals surface area contributed by atoms with Crippen LogP contribution in [-0.4, -0.2) is 40.1 Å². The molecule has 122 valence electrons. The summed E-state index contributed by atoms with van der Waals surface area (Å²) in [4.78, 5) is 24.6. The topological polar surface area (TPSA) is 83.6 Å². The highest BCUT2D eigenvalue weighted by atomic mass is 35.5. The van der Waals surface area contributed by atoms with Crippen molar-refractivity contribution in [3.63, 3.8) is 0 Å². The zero-order valence-corrected chi connectivity index (χ0v) is 13.2. The summed E-state index contributed by atoms with van der Waals surface area (Å²) in [5, 5.41) is 12.7. The SMILES string of the molecule is CCN(CC(=O)O)C(=O)c1c(-c2c(F)cccc2Cl)noc1C. The van der Waals surface area contributed by atoms with E-state index >= 15 is 0 Å². The van der Waals surface area contributed by atoms with Gasteiger partial charge in [-0.2, -0.15) is 0 Å². The fraction of sp³-hybridized carbons (Fsp3) is 0.267. The second-order valence-electron chi connectivity index (χ2n) is 4.77. The number of amides is 1.